The van der Waals surface area contributed by atoms with Crippen molar-refractivity contribution >= 4 is 11.8 Å². The maximum atomic E-state index is 8.91. The normalized spacial score (nSPS) is 17.9. The van der Waals surface area contributed by atoms with Gasteiger partial charge in [0.2, 0.25) is 0 Å². The van der Waals surface area contributed by atoms with E-state index < -0.39 is 0 Å². The summed E-state index contributed by atoms with van der Waals surface area (Å²) >= 11 is 0. The van der Waals surface area contributed by atoms with E-state index in [2.05, 4.69) is 11.8 Å². The molecule has 20 heavy (non-hydrogen) atoms. The van der Waals surface area contributed by atoms with Crippen LogP contribution in [0.3, 0.4) is 0 Å². The Morgan fingerprint density at radius 1 is 1.40 bits per heavy atom. The fourth-order valence-corrected chi connectivity index (χ4v) is 2.43. The first kappa shape index (κ1) is 14.1. The van der Waals surface area contributed by atoms with Gasteiger partial charge in [0, 0.05) is 12.2 Å². The molecule has 0 amide bonds. The van der Waals surface area contributed by atoms with E-state index in [1.54, 1.807) is 6.08 Å². The first-order valence-corrected chi connectivity index (χ1v) is 6.75. The summed E-state index contributed by atoms with van der Waals surface area (Å²) in [6, 6.07) is 12.0. The summed E-state index contributed by atoms with van der Waals surface area (Å²) in [6.07, 6.45) is 2.65. The van der Waals surface area contributed by atoms with Gasteiger partial charge in [0.05, 0.1) is 19.3 Å². The van der Waals surface area contributed by atoms with Crippen molar-refractivity contribution in [2.75, 3.05) is 24.7 Å². The second kappa shape index (κ2) is 6.75. The van der Waals surface area contributed by atoms with Crippen LogP contribution in [0.1, 0.15) is 18.9 Å². The zero-order valence-electron chi connectivity index (χ0n) is 11.5. The molecule has 0 N–H and O–H groups in total. The summed E-state index contributed by atoms with van der Waals surface area (Å²) in [5, 5.41) is 17.8. The van der Waals surface area contributed by atoms with Crippen molar-refractivity contribution in [3.8, 4) is 12.1 Å². The van der Waals surface area contributed by atoms with Crippen molar-refractivity contribution in [1.29, 1.82) is 10.5 Å². The molecule has 0 bridgehead atoms. The van der Waals surface area contributed by atoms with Gasteiger partial charge in [-0.15, -0.1) is 0 Å². The number of para-hydroxylation sites is 1. The summed E-state index contributed by atoms with van der Waals surface area (Å²) < 4.78 is 5.53. The highest BCUT2D eigenvalue weighted by Crippen LogP contribution is 2.27. The summed E-state index contributed by atoms with van der Waals surface area (Å²) in [5.74, 6) is 0. The molecule has 1 aromatic carbocycles. The molecule has 1 atom stereocenters. The Kier molecular flexibility index (Phi) is 4.76. The molecule has 1 saturated heterocycles. The van der Waals surface area contributed by atoms with Gasteiger partial charge < -0.3 is 9.64 Å². The molecule has 1 heterocycles. The number of nitrogens with zero attached hydrogens (tertiary/aromatic N) is 3. The van der Waals surface area contributed by atoms with E-state index in [4.69, 9.17) is 15.3 Å². The van der Waals surface area contributed by atoms with Gasteiger partial charge in [-0.2, -0.15) is 10.5 Å². The molecule has 0 aliphatic carbocycles. The van der Waals surface area contributed by atoms with E-state index >= 15 is 0 Å². The molecule has 0 spiro atoms. The maximum Gasteiger partial charge on any atom is 0.130 e. The third-order valence-corrected chi connectivity index (χ3v) is 3.49. The van der Waals surface area contributed by atoms with Gasteiger partial charge in [0.25, 0.3) is 0 Å². The molecule has 0 aromatic heterocycles. The van der Waals surface area contributed by atoms with E-state index in [1.807, 2.05) is 36.4 Å². The van der Waals surface area contributed by atoms with Crippen LogP contribution in [0.15, 0.2) is 29.8 Å². The van der Waals surface area contributed by atoms with Gasteiger partial charge in [-0.05, 0) is 24.1 Å². The van der Waals surface area contributed by atoms with Crippen LogP contribution in [0, 0.1) is 22.7 Å². The maximum absolute atomic E-state index is 8.91. The Balaban J connectivity index is 2.40. The average molecular weight is 267 g/mol. The predicted molar refractivity (Wildman–Crippen MR) is 77.9 cm³/mol. The first-order chi connectivity index (χ1) is 9.80. The molecule has 102 valence electrons. The van der Waals surface area contributed by atoms with Crippen molar-refractivity contribution in [2.24, 2.45) is 0 Å². The highest BCUT2D eigenvalue weighted by molar-refractivity contribution is 5.73. The third-order valence-electron chi connectivity index (χ3n) is 3.49. The lowest BCUT2D eigenvalue weighted by Crippen LogP contribution is -2.45. The number of ether oxygens (including phenoxy) is 1. The van der Waals surface area contributed by atoms with Gasteiger partial charge in [0.1, 0.15) is 17.7 Å². The molecule has 1 fully saturated rings. The van der Waals surface area contributed by atoms with Crippen LogP contribution in [-0.2, 0) is 4.74 Å². The lowest BCUT2D eigenvalue weighted by molar-refractivity contribution is 0.0930. The topological polar surface area (TPSA) is 60.0 Å². The number of benzene rings is 1. The number of allylic oxidation sites excluding steroid dienone is 1. The number of hydrogen-bond donors (Lipinski definition) is 0. The molecular formula is C16H17N3O. The fourth-order valence-electron chi connectivity index (χ4n) is 2.43. The summed E-state index contributed by atoms with van der Waals surface area (Å²) in [4.78, 5) is 2.31. The molecule has 1 aliphatic rings. The minimum absolute atomic E-state index is 0.124. The smallest absolute Gasteiger partial charge is 0.130 e. The molecule has 0 radical (unpaired) electrons. The van der Waals surface area contributed by atoms with E-state index in [0.717, 1.165) is 30.8 Å². The minimum atomic E-state index is 0.124. The lowest BCUT2D eigenvalue weighted by atomic mass is 10.1. The van der Waals surface area contributed by atoms with E-state index in [-0.39, 0.29) is 5.57 Å². The van der Waals surface area contributed by atoms with Crippen LogP contribution in [0.4, 0.5) is 5.69 Å². The van der Waals surface area contributed by atoms with Crippen LogP contribution < -0.4 is 4.90 Å². The Labute approximate surface area is 119 Å². The molecule has 1 aliphatic heterocycles. The highest BCUT2D eigenvalue weighted by Gasteiger charge is 2.23. The Morgan fingerprint density at radius 2 is 2.15 bits per heavy atom. The van der Waals surface area contributed by atoms with Crippen LogP contribution in [-0.4, -0.2) is 25.8 Å². The molecule has 0 saturated carbocycles. The first-order valence-electron chi connectivity index (χ1n) is 6.75. The second-order valence-corrected chi connectivity index (χ2v) is 4.67. The van der Waals surface area contributed by atoms with Crippen LogP contribution >= 0.6 is 0 Å². The third kappa shape index (κ3) is 2.99. The summed E-state index contributed by atoms with van der Waals surface area (Å²) in [5.41, 5.74) is 2.09. The number of nitriles is 2. The highest BCUT2D eigenvalue weighted by atomic mass is 16.5. The van der Waals surface area contributed by atoms with Crippen LogP contribution in [0.5, 0.6) is 0 Å². The van der Waals surface area contributed by atoms with Crippen molar-refractivity contribution in [2.45, 2.75) is 19.4 Å². The van der Waals surface area contributed by atoms with Gasteiger partial charge in [0.15, 0.2) is 0 Å². The summed E-state index contributed by atoms with van der Waals surface area (Å²) in [6.45, 7) is 4.40. The minimum Gasteiger partial charge on any atom is -0.377 e. The standard InChI is InChI=1S/C16H17N3O/c1-2-15-12-20-8-7-19(15)16-6-4-3-5-14(16)9-13(10-17)11-18/h3-6,9,15H,2,7-8,12H2,1H3/t15-/m1/s1. The van der Waals surface area contributed by atoms with Crippen molar-refractivity contribution in [3.63, 3.8) is 0 Å². The molecule has 4 nitrogen and oxygen atoms in total. The molecular weight excluding hydrogens is 250 g/mol. The monoisotopic (exact) mass is 267 g/mol. The van der Waals surface area contributed by atoms with Crippen molar-refractivity contribution in [1.82, 2.24) is 0 Å². The quantitative estimate of drug-likeness (QED) is 0.790. The average Bonchev–Trinajstić information content (AvgIpc) is 2.53. The Bertz CT molecular complexity index is 564. The van der Waals surface area contributed by atoms with Gasteiger partial charge in [-0.3, -0.25) is 0 Å². The van der Waals surface area contributed by atoms with Crippen LogP contribution in [0.25, 0.3) is 6.08 Å². The molecule has 0 unspecified atom stereocenters. The van der Waals surface area contributed by atoms with E-state index in [9.17, 15) is 0 Å². The molecule has 2 rings (SSSR count). The zero-order valence-corrected chi connectivity index (χ0v) is 11.5. The van der Waals surface area contributed by atoms with Gasteiger partial charge in [-0.1, -0.05) is 25.1 Å². The van der Waals surface area contributed by atoms with Gasteiger partial charge >= 0.3 is 0 Å². The summed E-state index contributed by atoms with van der Waals surface area (Å²) in [7, 11) is 0. The van der Waals surface area contributed by atoms with Crippen LogP contribution in [0.2, 0.25) is 0 Å². The second-order valence-electron chi connectivity index (χ2n) is 4.67. The number of hydrogen-bond acceptors (Lipinski definition) is 4. The Morgan fingerprint density at radius 3 is 2.85 bits per heavy atom. The van der Waals surface area contributed by atoms with E-state index in [1.165, 1.54) is 0 Å². The lowest BCUT2D eigenvalue weighted by Gasteiger charge is -2.37. The fraction of sp³-hybridized carbons (Fsp3) is 0.375. The SMILES string of the molecule is CC[C@@H]1COCCN1c1ccccc1C=C(C#N)C#N. The van der Waals surface area contributed by atoms with Crippen molar-refractivity contribution in [3.05, 3.63) is 35.4 Å². The van der Waals surface area contributed by atoms with Gasteiger partial charge in [-0.25, -0.2) is 0 Å². The number of rotatable bonds is 3. The Hall–Kier alpha value is -2.30. The predicted octanol–water partition coefficient (Wildman–Crippen LogP) is 2.73. The van der Waals surface area contributed by atoms with Crippen molar-refractivity contribution < 1.29 is 4.74 Å². The number of morpholine rings is 1. The molecule has 1 aromatic rings. The zero-order chi connectivity index (χ0) is 14.4. The molecule has 4 heteroatoms. The number of anilines is 1. The largest absolute Gasteiger partial charge is 0.377 e. The van der Waals surface area contributed by atoms with E-state index in [0.29, 0.717) is 12.6 Å².